The first kappa shape index (κ1) is 22.3. The predicted molar refractivity (Wildman–Crippen MR) is 106 cm³/mol. The molecule has 1 aliphatic heterocycles. The van der Waals surface area contributed by atoms with E-state index in [2.05, 4.69) is 37.3 Å². The molecule has 6 heteroatoms. The maximum Gasteiger partial charge on any atom is 0.351 e. The van der Waals surface area contributed by atoms with Gasteiger partial charge in [0, 0.05) is 11.5 Å². The summed E-state index contributed by atoms with van der Waals surface area (Å²) in [6.45, 7) is 4.31. The summed E-state index contributed by atoms with van der Waals surface area (Å²) in [6.07, 6.45) is 3.64. The normalized spacial score (nSPS) is 19.3. The van der Waals surface area contributed by atoms with Crippen LogP contribution in [0.1, 0.15) is 35.7 Å². The number of likely N-dealkylation sites (tertiary alicyclic amines) is 1. The van der Waals surface area contributed by atoms with Crippen LogP contribution in [0, 0.1) is 5.92 Å². The Balaban J connectivity index is 0.000000438. The van der Waals surface area contributed by atoms with Crippen molar-refractivity contribution in [2.75, 3.05) is 13.1 Å². The number of nitrogens with one attached hydrogen (secondary N) is 1. The van der Waals surface area contributed by atoms with Crippen LogP contribution in [0.4, 0.5) is 0 Å². The number of hydrogen-bond donors (Lipinski definition) is 2. The van der Waals surface area contributed by atoms with E-state index in [9.17, 15) is 4.79 Å². The molecule has 154 valence electrons. The Kier molecular flexibility index (Phi) is 8.55. The smallest absolute Gasteiger partial charge is 0.351 e. The molecule has 0 radical (unpaired) electrons. The van der Waals surface area contributed by atoms with Crippen molar-refractivity contribution in [3.63, 3.8) is 0 Å². The Morgan fingerprint density at radius 2 is 1.62 bits per heavy atom. The largest absolute Gasteiger partial charge is 0.539 e. The van der Waals surface area contributed by atoms with Crippen LogP contribution in [0.15, 0.2) is 60.7 Å². The number of carboxylic acid groups (broad SMARTS) is 2. The molecule has 3 atom stereocenters. The summed E-state index contributed by atoms with van der Waals surface area (Å²) < 4.78 is 0. The number of carboxylic acids is 2. The zero-order valence-electron chi connectivity index (χ0n) is 16.5. The van der Waals surface area contributed by atoms with Gasteiger partial charge in [0.15, 0.2) is 5.97 Å². The fourth-order valence-electron chi connectivity index (χ4n) is 3.75. The quantitative estimate of drug-likeness (QED) is 0.569. The standard InChI is InChI=1S/C21H25NO.C2H2O4/c1-17(21(23)20-12-6-3-7-13-20)22-14-8-11-19(16-22)15-18-9-4-2-5-10-18;3-1(4)2(5)6/h2-7,9-10,12-13,17,19H,8,11,14-16H2,1H3;(H,3,4)(H,5,6). The topological polar surface area (TPSA) is 98.9 Å². The van der Waals surface area contributed by atoms with E-state index in [1.165, 1.54) is 23.3 Å². The summed E-state index contributed by atoms with van der Waals surface area (Å²) in [5, 5.41) is 16.3. The molecule has 29 heavy (non-hydrogen) atoms. The number of benzene rings is 2. The third-order valence-electron chi connectivity index (χ3n) is 5.27. The minimum Gasteiger partial charge on any atom is -0.539 e. The van der Waals surface area contributed by atoms with Gasteiger partial charge in [-0.3, -0.25) is 4.79 Å². The van der Waals surface area contributed by atoms with Crippen molar-refractivity contribution >= 4 is 17.7 Å². The van der Waals surface area contributed by atoms with Gasteiger partial charge in [-0.2, -0.15) is 0 Å². The summed E-state index contributed by atoms with van der Waals surface area (Å²) in [4.78, 5) is 32.2. The number of Topliss-reactive ketones (excluding diaryl/α,β-unsaturated/α-hetero) is 1. The second kappa shape index (κ2) is 11.1. The van der Waals surface area contributed by atoms with Gasteiger partial charge in [0.25, 0.3) is 0 Å². The van der Waals surface area contributed by atoms with Crippen molar-refractivity contribution in [1.82, 2.24) is 0 Å². The van der Waals surface area contributed by atoms with Crippen molar-refractivity contribution in [1.29, 1.82) is 0 Å². The Bertz CT molecular complexity index is 795. The van der Waals surface area contributed by atoms with Crippen LogP contribution >= 0.6 is 0 Å². The highest BCUT2D eigenvalue weighted by Gasteiger charge is 2.31. The molecule has 1 heterocycles. The Hall–Kier alpha value is -2.99. The number of carbonyl (C=O) groups excluding carboxylic acids is 2. The van der Waals surface area contributed by atoms with E-state index in [0.717, 1.165) is 25.1 Å². The van der Waals surface area contributed by atoms with E-state index in [0.29, 0.717) is 5.92 Å². The molecule has 1 saturated heterocycles. The van der Waals surface area contributed by atoms with E-state index in [4.69, 9.17) is 19.8 Å². The average molecular weight is 397 g/mol. The molecule has 0 spiro atoms. The molecule has 0 amide bonds. The first-order valence-corrected chi connectivity index (χ1v) is 9.80. The minimum atomic E-state index is -2.07. The van der Waals surface area contributed by atoms with Crippen LogP contribution in [-0.4, -0.2) is 42.0 Å². The van der Waals surface area contributed by atoms with Crippen LogP contribution in [-0.2, 0) is 16.0 Å². The number of ketones is 1. The summed E-state index contributed by atoms with van der Waals surface area (Å²) >= 11 is 0. The van der Waals surface area contributed by atoms with Crippen molar-refractivity contribution < 1.29 is 29.5 Å². The van der Waals surface area contributed by atoms with Crippen molar-refractivity contribution in [3.05, 3.63) is 71.8 Å². The van der Waals surface area contributed by atoms with Crippen LogP contribution in [0.5, 0.6) is 0 Å². The molecule has 0 aliphatic carbocycles. The van der Waals surface area contributed by atoms with Gasteiger partial charge in [-0.25, -0.2) is 4.79 Å². The average Bonchev–Trinajstić information content (AvgIpc) is 2.74. The maximum absolute atomic E-state index is 12.7. The van der Waals surface area contributed by atoms with Crippen LogP contribution in [0.2, 0.25) is 0 Å². The van der Waals surface area contributed by atoms with E-state index in [1.807, 2.05) is 30.3 Å². The van der Waals surface area contributed by atoms with Gasteiger partial charge in [0.05, 0.1) is 13.1 Å². The molecule has 3 unspecified atom stereocenters. The predicted octanol–water partition coefficient (Wildman–Crippen LogP) is 0.616. The molecule has 1 aliphatic rings. The molecule has 2 aromatic carbocycles. The van der Waals surface area contributed by atoms with Gasteiger partial charge in [0.2, 0.25) is 5.78 Å². The molecular formula is C23H27NO5. The first-order chi connectivity index (χ1) is 13.9. The lowest BCUT2D eigenvalue weighted by molar-refractivity contribution is -0.922. The maximum atomic E-state index is 12.7. The monoisotopic (exact) mass is 397 g/mol. The molecule has 6 nitrogen and oxygen atoms in total. The third-order valence-corrected chi connectivity index (χ3v) is 5.27. The number of aliphatic carboxylic acids is 2. The lowest BCUT2D eigenvalue weighted by Gasteiger charge is -2.33. The molecule has 2 aromatic rings. The number of carbonyl (C=O) groups is 3. The Morgan fingerprint density at radius 3 is 2.17 bits per heavy atom. The molecule has 2 N–H and O–H groups in total. The first-order valence-electron chi connectivity index (χ1n) is 9.80. The summed E-state index contributed by atoms with van der Waals surface area (Å²) in [5.74, 6) is -3.04. The highest BCUT2D eigenvalue weighted by atomic mass is 16.4. The van der Waals surface area contributed by atoms with Gasteiger partial charge in [0.1, 0.15) is 6.04 Å². The van der Waals surface area contributed by atoms with Gasteiger partial charge in [-0.1, -0.05) is 60.7 Å². The molecule has 3 rings (SSSR count). The number of quaternary nitrogens is 1. The lowest BCUT2D eigenvalue weighted by Crippen LogP contribution is -3.17. The van der Waals surface area contributed by atoms with Gasteiger partial charge in [-0.05, 0) is 31.7 Å². The molecule has 1 fully saturated rings. The molecular weight excluding hydrogens is 370 g/mol. The summed E-state index contributed by atoms with van der Waals surface area (Å²) in [7, 11) is 0. The number of hydrogen-bond acceptors (Lipinski definition) is 4. The Morgan fingerprint density at radius 1 is 1.07 bits per heavy atom. The highest BCUT2D eigenvalue weighted by molar-refractivity contribution is 6.26. The number of piperidine rings is 1. The van der Waals surface area contributed by atoms with Crippen molar-refractivity contribution in [2.24, 2.45) is 5.92 Å². The second-order valence-electron chi connectivity index (χ2n) is 7.35. The zero-order valence-corrected chi connectivity index (χ0v) is 16.5. The van der Waals surface area contributed by atoms with E-state index >= 15 is 0 Å². The second-order valence-corrected chi connectivity index (χ2v) is 7.35. The Labute approximate surface area is 170 Å². The van der Waals surface area contributed by atoms with Crippen LogP contribution in [0.25, 0.3) is 0 Å². The fourth-order valence-corrected chi connectivity index (χ4v) is 3.75. The molecule has 0 aromatic heterocycles. The molecule has 0 saturated carbocycles. The lowest BCUT2D eigenvalue weighted by atomic mass is 9.90. The summed E-state index contributed by atoms with van der Waals surface area (Å²) in [6, 6.07) is 20.5. The van der Waals surface area contributed by atoms with E-state index in [1.54, 1.807) is 0 Å². The van der Waals surface area contributed by atoms with E-state index in [-0.39, 0.29) is 11.8 Å². The summed E-state index contributed by atoms with van der Waals surface area (Å²) in [5.41, 5.74) is 2.26. The van der Waals surface area contributed by atoms with Crippen molar-refractivity contribution in [2.45, 2.75) is 32.2 Å². The van der Waals surface area contributed by atoms with Crippen LogP contribution < -0.4 is 10.0 Å². The third kappa shape index (κ3) is 7.16. The van der Waals surface area contributed by atoms with Gasteiger partial charge < -0.3 is 19.9 Å². The van der Waals surface area contributed by atoms with E-state index < -0.39 is 11.9 Å². The fraction of sp³-hybridized carbons (Fsp3) is 0.348. The molecule has 0 bridgehead atoms. The SMILES string of the molecule is CC(C(=O)c1ccccc1)[NH+]1CCCC(Cc2ccccc2)C1.O=C([O-])C(=O)O. The number of rotatable bonds is 5. The zero-order chi connectivity index (χ0) is 21.2. The van der Waals surface area contributed by atoms with Gasteiger partial charge >= 0.3 is 5.97 Å². The van der Waals surface area contributed by atoms with Crippen molar-refractivity contribution in [3.8, 4) is 0 Å². The van der Waals surface area contributed by atoms with Crippen LogP contribution in [0.3, 0.4) is 0 Å². The van der Waals surface area contributed by atoms with Gasteiger partial charge in [-0.15, -0.1) is 0 Å². The highest BCUT2D eigenvalue weighted by Crippen LogP contribution is 2.15. The minimum absolute atomic E-state index is 0.0518.